The van der Waals surface area contributed by atoms with E-state index in [9.17, 15) is 0 Å². The van der Waals surface area contributed by atoms with Gasteiger partial charge < -0.3 is 9.47 Å². The molecule has 3 heterocycles. The molecule has 0 saturated carbocycles. The van der Waals surface area contributed by atoms with Crippen molar-refractivity contribution in [2.75, 3.05) is 19.9 Å². The van der Waals surface area contributed by atoms with E-state index in [0.29, 0.717) is 18.2 Å². The van der Waals surface area contributed by atoms with Crippen molar-refractivity contribution >= 4 is 0 Å². The minimum Gasteiger partial charge on any atom is -0.454 e. The van der Waals surface area contributed by atoms with Gasteiger partial charge in [-0.15, -0.1) is 0 Å². The van der Waals surface area contributed by atoms with Crippen LogP contribution in [-0.2, 0) is 6.42 Å². The molecule has 19 heavy (non-hydrogen) atoms. The summed E-state index contributed by atoms with van der Waals surface area (Å²) in [5, 5.41) is 0. The van der Waals surface area contributed by atoms with Crippen LogP contribution >= 0.6 is 0 Å². The van der Waals surface area contributed by atoms with Crippen LogP contribution < -0.4 is 9.47 Å². The van der Waals surface area contributed by atoms with Crippen molar-refractivity contribution in [3.8, 4) is 11.5 Å². The van der Waals surface area contributed by atoms with E-state index in [1.54, 1.807) is 0 Å². The second-order valence-electron chi connectivity index (χ2n) is 6.32. The zero-order chi connectivity index (χ0) is 13.0. The lowest BCUT2D eigenvalue weighted by Gasteiger charge is -2.39. The van der Waals surface area contributed by atoms with Crippen molar-refractivity contribution in [1.29, 1.82) is 0 Å². The van der Waals surface area contributed by atoms with Crippen molar-refractivity contribution in [1.82, 2.24) is 4.90 Å². The standard InChI is InChI=1S/C16H21NO2/c1-11-13-9-15-14(18-10-19-15)8-12(13)4-7-17-6-3-5-16(11,17)2/h8-9,11H,3-7,10H2,1-2H3. The Kier molecular flexibility index (Phi) is 2.37. The largest absolute Gasteiger partial charge is 0.454 e. The molecule has 0 radical (unpaired) electrons. The van der Waals surface area contributed by atoms with Crippen LogP contribution in [0.4, 0.5) is 0 Å². The van der Waals surface area contributed by atoms with Crippen molar-refractivity contribution in [3.05, 3.63) is 23.3 Å². The Morgan fingerprint density at radius 3 is 2.84 bits per heavy atom. The van der Waals surface area contributed by atoms with E-state index in [-0.39, 0.29) is 0 Å². The number of benzene rings is 1. The molecule has 3 aliphatic rings. The topological polar surface area (TPSA) is 21.7 Å². The summed E-state index contributed by atoms with van der Waals surface area (Å²) in [6.07, 6.45) is 3.77. The highest BCUT2D eigenvalue weighted by Crippen LogP contribution is 2.47. The third-order valence-electron chi connectivity index (χ3n) is 5.52. The summed E-state index contributed by atoms with van der Waals surface area (Å²) in [5.41, 5.74) is 3.24. The van der Waals surface area contributed by atoms with E-state index in [4.69, 9.17) is 9.47 Å². The number of hydrogen-bond acceptors (Lipinski definition) is 3. The molecule has 4 rings (SSSR count). The van der Waals surface area contributed by atoms with Crippen LogP contribution in [0.15, 0.2) is 12.1 Å². The quantitative estimate of drug-likeness (QED) is 0.715. The van der Waals surface area contributed by atoms with E-state index in [0.717, 1.165) is 17.9 Å². The molecule has 2 atom stereocenters. The summed E-state index contributed by atoms with van der Waals surface area (Å²) < 4.78 is 11.1. The van der Waals surface area contributed by atoms with Crippen LogP contribution in [0.25, 0.3) is 0 Å². The highest BCUT2D eigenvalue weighted by molar-refractivity contribution is 5.51. The lowest BCUT2D eigenvalue weighted by molar-refractivity contribution is 0.138. The zero-order valence-electron chi connectivity index (χ0n) is 11.7. The molecule has 0 spiro atoms. The fourth-order valence-electron chi connectivity index (χ4n) is 4.11. The first-order valence-corrected chi connectivity index (χ1v) is 7.36. The van der Waals surface area contributed by atoms with Gasteiger partial charge in [-0.3, -0.25) is 4.90 Å². The van der Waals surface area contributed by atoms with Crippen molar-refractivity contribution in [2.45, 2.75) is 44.6 Å². The summed E-state index contributed by atoms with van der Waals surface area (Å²) in [4.78, 5) is 2.69. The fraction of sp³-hybridized carbons (Fsp3) is 0.625. The van der Waals surface area contributed by atoms with Crippen LogP contribution in [0.3, 0.4) is 0 Å². The molecule has 102 valence electrons. The van der Waals surface area contributed by atoms with Gasteiger partial charge in [-0.1, -0.05) is 6.92 Å². The van der Waals surface area contributed by atoms with Crippen LogP contribution in [0.1, 0.15) is 43.7 Å². The monoisotopic (exact) mass is 259 g/mol. The van der Waals surface area contributed by atoms with Crippen molar-refractivity contribution in [2.24, 2.45) is 0 Å². The van der Waals surface area contributed by atoms with Gasteiger partial charge in [0, 0.05) is 12.1 Å². The van der Waals surface area contributed by atoms with Crippen LogP contribution in [0, 0.1) is 0 Å². The van der Waals surface area contributed by atoms with Crippen LogP contribution in [0.2, 0.25) is 0 Å². The Morgan fingerprint density at radius 2 is 2.00 bits per heavy atom. The minimum atomic E-state index is 0.318. The van der Waals surface area contributed by atoms with E-state index in [1.807, 2.05) is 0 Å². The van der Waals surface area contributed by atoms with Gasteiger partial charge in [0.1, 0.15) is 0 Å². The molecule has 0 N–H and O–H groups in total. The van der Waals surface area contributed by atoms with Gasteiger partial charge in [0.25, 0.3) is 0 Å². The van der Waals surface area contributed by atoms with E-state index in [1.165, 1.54) is 37.1 Å². The van der Waals surface area contributed by atoms with Crippen LogP contribution in [-0.4, -0.2) is 30.3 Å². The lowest BCUT2D eigenvalue weighted by Crippen LogP contribution is -2.44. The Balaban J connectivity index is 1.83. The third kappa shape index (κ3) is 1.54. The van der Waals surface area contributed by atoms with E-state index < -0.39 is 0 Å². The first-order chi connectivity index (χ1) is 9.18. The molecule has 0 amide bonds. The summed E-state index contributed by atoms with van der Waals surface area (Å²) in [6.45, 7) is 7.61. The minimum absolute atomic E-state index is 0.318. The number of fused-ring (bicyclic) bond motifs is 3. The highest BCUT2D eigenvalue weighted by atomic mass is 16.7. The zero-order valence-corrected chi connectivity index (χ0v) is 11.7. The fourth-order valence-corrected chi connectivity index (χ4v) is 4.11. The first kappa shape index (κ1) is 11.6. The Morgan fingerprint density at radius 1 is 1.21 bits per heavy atom. The maximum Gasteiger partial charge on any atom is 0.231 e. The van der Waals surface area contributed by atoms with E-state index >= 15 is 0 Å². The molecule has 0 aliphatic carbocycles. The number of ether oxygens (including phenoxy) is 2. The molecule has 1 aromatic carbocycles. The molecule has 0 aromatic heterocycles. The van der Waals surface area contributed by atoms with Crippen molar-refractivity contribution in [3.63, 3.8) is 0 Å². The van der Waals surface area contributed by atoms with Gasteiger partial charge in [-0.25, -0.2) is 0 Å². The van der Waals surface area contributed by atoms with Gasteiger partial charge in [0.15, 0.2) is 11.5 Å². The summed E-state index contributed by atoms with van der Waals surface area (Å²) >= 11 is 0. The Hall–Kier alpha value is -1.22. The van der Waals surface area contributed by atoms with E-state index in [2.05, 4.69) is 30.9 Å². The second-order valence-corrected chi connectivity index (χ2v) is 6.32. The lowest BCUT2D eigenvalue weighted by atomic mass is 9.79. The molecular weight excluding hydrogens is 238 g/mol. The van der Waals surface area contributed by atoms with Gasteiger partial charge in [0.05, 0.1) is 0 Å². The smallest absolute Gasteiger partial charge is 0.231 e. The van der Waals surface area contributed by atoms with Gasteiger partial charge in [-0.2, -0.15) is 0 Å². The number of rotatable bonds is 0. The molecule has 1 aromatic rings. The maximum atomic E-state index is 5.56. The normalized spacial score (nSPS) is 32.8. The summed E-state index contributed by atoms with van der Waals surface area (Å²) in [5.74, 6) is 2.42. The molecule has 0 bridgehead atoms. The predicted molar refractivity (Wildman–Crippen MR) is 73.9 cm³/mol. The molecule has 3 heteroatoms. The Bertz CT molecular complexity index is 528. The van der Waals surface area contributed by atoms with Gasteiger partial charge in [-0.05, 0) is 61.9 Å². The average Bonchev–Trinajstić information content (AvgIpc) is 2.99. The number of hydrogen-bond donors (Lipinski definition) is 0. The van der Waals surface area contributed by atoms with Gasteiger partial charge in [0.2, 0.25) is 6.79 Å². The molecule has 1 fully saturated rings. The molecular formula is C16H21NO2. The average molecular weight is 259 g/mol. The summed E-state index contributed by atoms with van der Waals surface area (Å²) in [7, 11) is 0. The third-order valence-corrected chi connectivity index (χ3v) is 5.52. The molecule has 2 unspecified atom stereocenters. The van der Waals surface area contributed by atoms with Crippen molar-refractivity contribution < 1.29 is 9.47 Å². The van der Waals surface area contributed by atoms with Gasteiger partial charge >= 0.3 is 0 Å². The summed E-state index contributed by atoms with van der Waals surface area (Å²) in [6, 6.07) is 4.44. The SMILES string of the molecule is CC1c2cc3c(cc2CCN2CCCC12C)OCO3. The molecule has 3 nitrogen and oxygen atoms in total. The molecule has 1 saturated heterocycles. The maximum absolute atomic E-state index is 5.56. The Labute approximate surface area is 114 Å². The predicted octanol–water partition coefficient (Wildman–Crippen LogP) is 2.93. The molecule has 3 aliphatic heterocycles. The van der Waals surface area contributed by atoms with Crippen LogP contribution in [0.5, 0.6) is 11.5 Å². The first-order valence-electron chi connectivity index (χ1n) is 7.36. The number of nitrogens with zero attached hydrogens (tertiary/aromatic N) is 1. The second kappa shape index (κ2) is 3.89. The highest BCUT2D eigenvalue weighted by Gasteiger charge is 2.44.